The summed E-state index contributed by atoms with van der Waals surface area (Å²) >= 11 is 5.75. The van der Waals surface area contributed by atoms with Crippen molar-refractivity contribution in [1.82, 2.24) is 10.3 Å². The molecule has 0 aliphatic rings. The summed E-state index contributed by atoms with van der Waals surface area (Å²) in [7, 11) is 2.58. The molecule has 10 nitrogen and oxygen atoms in total. The number of pyridine rings is 1. The van der Waals surface area contributed by atoms with Gasteiger partial charge < -0.3 is 30.6 Å². The number of thioether (sulfide) groups is 1. The number of benzene rings is 1. The average Bonchev–Trinajstić information content (AvgIpc) is 2.91. The molecule has 36 heavy (non-hydrogen) atoms. The van der Waals surface area contributed by atoms with E-state index in [1.807, 2.05) is 6.26 Å². The normalized spacial score (nSPS) is 12.2. The number of hydrogen-bond acceptors (Lipinski definition) is 11. The number of nitrogens with two attached hydrogens (primary N) is 1. The van der Waals surface area contributed by atoms with E-state index in [0.29, 0.717) is 47.0 Å². The quantitative estimate of drug-likeness (QED) is 0.209. The van der Waals surface area contributed by atoms with Crippen LogP contribution in [0.25, 0.3) is 11.3 Å². The zero-order valence-electron chi connectivity index (χ0n) is 20.5. The molecular weight excluding hydrogens is 504 g/mol. The number of carbonyl (C=O) groups excluding carboxylic acids is 3. The number of aromatic nitrogens is 1. The highest BCUT2D eigenvalue weighted by molar-refractivity contribution is 7.98. The van der Waals surface area contributed by atoms with Crippen molar-refractivity contribution in [3.05, 3.63) is 42.0 Å². The second kappa shape index (κ2) is 15.2. The number of carbonyl (C=O) groups is 3. The molecule has 0 aliphatic heterocycles. The first-order valence-corrected chi connectivity index (χ1v) is 13.1. The Morgan fingerprint density at radius 2 is 1.94 bits per heavy atom. The van der Waals surface area contributed by atoms with E-state index in [0.717, 1.165) is 0 Å². The maximum atomic E-state index is 12.6. The van der Waals surface area contributed by atoms with Gasteiger partial charge in [-0.15, -0.1) is 0 Å². The highest BCUT2D eigenvalue weighted by Gasteiger charge is 2.22. The lowest BCUT2D eigenvalue weighted by Gasteiger charge is -2.18. The van der Waals surface area contributed by atoms with Crippen LogP contribution < -0.4 is 21.1 Å². The van der Waals surface area contributed by atoms with Gasteiger partial charge >= 0.3 is 11.9 Å². The zero-order valence-corrected chi connectivity index (χ0v) is 22.2. The molecule has 2 rings (SSSR count). The number of esters is 2. The van der Waals surface area contributed by atoms with Crippen molar-refractivity contribution >= 4 is 47.9 Å². The summed E-state index contributed by atoms with van der Waals surface area (Å²) in [5.74, 6) is -0.172. The first-order chi connectivity index (χ1) is 17.3. The lowest BCUT2D eigenvalue weighted by Crippen LogP contribution is -2.44. The number of ether oxygens (including phenoxy) is 3. The smallest absolute Gasteiger partial charge is 0.337 e. The van der Waals surface area contributed by atoms with Gasteiger partial charge in [-0.25, -0.2) is 14.6 Å². The molecule has 0 radical (unpaired) electrons. The van der Waals surface area contributed by atoms with Crippen molar-refractivity contribution in [2.75, 3.05) is 50.4 Å². The Balaban J connectivity index is 2.25. The maximum Gasteiger partial charge on any atom is 0.337 e. The van der Waals surface area contributed by atoms with Gasteiger partial charge in [-0.2, -0.15) is 24.4 Å². The van der Waals surface area contributed by atoms with E-state index in [2.05, 4.69) is 28.2 Å². The van der Waals surface area contributed by atoms with Gasteiger partial charge in [-0.1, -0.05) is 12.1 Å². The fourth-order valence-electron chi connectivity index (χ4n) is 3.07. The monoisotopic (exact) mass is 536 g/mol. The standard InChI is InChI=1S/C24H32N4O6S2/c1-32-23(30)16-6-4-5-15(11-16)18-7-8-19(26-12-17(25)14-35)22(28-18)34-13-21(29)27-20(9-10-36-3)24(31)33-2/h4-8,11,17,20,26,35H,9-10,12-14,25H2,1-3H3,(H,27,29)/t17?,20-/m0/s1. The number of nitrogens with zero attached hydrogens (tertiary/aromatic N) is 1. The largest absolute Gasteiger partial charge is 0.467 e. The Bertz CT molecular complexity index is 1040. The summed E-state index contributed by atoms with van der Waals surface area (Å²) in [6.07, 6.45) is 2.34. The van der Waals surface area contributed by atoms with Gasteiger partial charge in [0.1, 0.15) is 6.04 Å². The summed E-state index contributed by atoms with van der Waals surface area (Å²) in [6, 6.07) is 9.33. The predicted molar refractivity (Wildman–Crippen MR) is 144 cm³/mol. The third-order valence-corrected chi connectivity index (χ3v) is 6.11. The first kappa shape index (κ1) is 29.3. The van der Waals surface area contributed by atoms with Crippen LogP contribution in [0.4, 0.5) is 5.69 Å². The van der Waals surface area contributed by atoms with Crippen LogP contribution in [0.3, 0.4) is 0 Å². The van der Waals surface area contributed by atoms with Gasteiger partial charge in [0.05, 0.1) is 31.2 Å². The fraction of sp³-hybridized carbons (Fsp3) is 0.417. The summed E-state index contributed by atoms with van der Waals surface area (Å²) in [4.78, 5) is 41.0. The van der Waals surface area contributed by atoms with E-state index < -0.39 is 23.9 Å². The molecule has 1 aromatic heterocycles. The lowest BCUT2D eigenvalue weighted by atomic mass is 10.1. The number of rotatable bonds is 14. The Morgan fingerprint density at radius 1 is 1.17 bits per heavy atom. The second-order valence-electron chi connectivity index (χ2n) is 7.66. The minimum atomic E-state index is -0.773. The molecule has 0 saturated carbocycles. The molecule has 0 fully saturated rings. The third kappa shape index (κ3) is 8.92. The molecule has 0 spiro atoms. The maximum absolute atomic E-state index is 12.6. The van der Waals surface area contributed by atoms with E-state index in [4.69, 9.17) is 19.9 Å². The molecule has 196 valence electrons. The number of thiol groups is 1. The zero-order chi connectivity index (χ0) is 26.5. The Kier molecular flexibility index (Phi) is 12.4. The summed E-state index contributed by atoms with van der Waals surface area (Å²) in [6.45, 7) is 0.0305. The molecule has 1 aromatic carbocycles. The topological polar surface area (TPSA) is 142 Å². The van der Waals surface area contributed by atoms with E-state index >= 15 is 0 Å². The first-order valence-electron chi connectivity index (χ1n) is 11.1. The molecule has 0 saturated heterocycles. The van der Waals surface area contributed by atoms with Crippen molar-refractivity contribution in [3.8, 4) is 17.1 Å². The van der Waals surface area contributed by atoms with E-state index in [-0.39, 0.29) is 18.5 Å². The van der Waals surface area contributed by atoms with Crippen molar-refractivity contribution < 1.29 is 28.6 Å². The van der Waals surface area contributed by atoms with Crippen molar-refractivity contribution in [1.29, 1.82) is 0 Å². The number of nitrogens with one attached hydrogen (secondary N) is 2. The molecule has 0 bridgehead atoms. The van der Waals surface area contributed by atoms with Crippen LogP contribution in [-0.2, 0) is 19.1 Å². The molecule has 4 N–H and O–H groups in total. The number of anilines is 1. The van der Waals surface area contributed by atoms with Gasteiger partial charge in [-0.3, -0.25) is 4.79 Å². The van der Waals surface area contributed by atoms with E-state index in [1.165, 1.54) is 14.2 Å². The SMILES string of the molecule is COC(=O)c1cccc(-c2ccc(NCC(N)CS)c(OCC(=O)N[C@@H](CCSC)C(=O)OC)n2)c1. The third-order valence-electron chi connectivity index (χ3n) is 5.00. The van der Waals surface area contributed by atoms with Gasteiger partial charge in [0, 0.05) is 23.9 Å². The second-order valence-corrected chi connectivity index (χ2v) is 9.01. The van der Waals surface area contributed by atoms with Crippen LogP contribution in [-0.4, -0.2) is 80.0 Å². The molecule has 2 aromatic rings. The lowest BCUT2D eigenvalue weighted by molar-refractivity contribution is -0.145. The molecule has 0 aliphatic carbocycles. The van der Waals surface area contributed by atoms with Gasteiger partial charge in [-0.05, 0) is 42.7 Å². The molecule has 1 amide bonds. The molecule has 2 atom stereocenters. The van der Waals surface area contributed by atoms with E-state index in [9.17, 15) is 14.4 Å². The average molecular weight is 537 g/mol. The van der Waals surface area contributed by atoms with Crippen molar-refractivity contribution in [3.63, 3.8) is 0 Å². The van der Waals surface area contributed by atoms with E-state index in [1.54, 1.807) is 48.2 Å². The predicted octanol–water partition coefficient (Wildman–Crippen LogP) is 1.99. The molecular formula is C24H32N4O6S2. The van der Waals surface area contributed by atoms with Crippen LogP contribution in [0.1, 0.15) is 16.8 Å². The summed E-state index contributed by atoms with van der Waals surface area (Å²) in [5, 5.41) is 5.80. The molecule has 12 heteroatoms. The van der Waals surface area contributed by atoms with Crippen LogP contribution in [0.5, 0.6) is 5.88 Å². The Hall–Kier alpha value is -2.96. The fourth-order valence-corrected chi connectivity index (χ4v) is 3.67. The number of hydrogen-bond donors (Lipinski definition) is 4. The van der Waals surface area contributed by atoms with Crippen molar-refractivity contribution in [2.24, 2.45) is 5.73 Å². The van der Waals surface area contributed by atoms with Gasteiger partial charge in [0.2, 0.25) is 5.88 Å². The number of amides is 1. The highest BCUT2D eigenvalue weighted by Crippen LogP contribution is 2.28. The van der Waals surface area contributed by atoms with Crippen LogP contribution in [0.2, 0.25) is 0 Å². The van der Waals surface area contributed by atoms with Crippen LogP contribution in [0.15, 0.2) is 36.4 Å². The molecule has 1 heterocycles. The van der Waals surface area contributed by atoms with Gasteiger partial charge in [0.15, 0.2) is 6.61 Å². The van der Waals surface area contributed by atoms with Crippen LogP contribution >= 0.6 is 24.4 Å². The van der Waals surface area contributed by atoms with Gasteiger partial charge in [0.25, 0.3) is 5.91 Å². The number of methoxy groups -OCH3 is 2. The minimum absolute atomic E-state index is 0.163. The highest BCUT2D eigenvalue weighted by atomic mass is 32.2. The molecule has 1 unspecified atom stereocenters. The van der Waals surface area contributed by atoms with Crippen molar-refractivity contribution in [2.45, 2.75) is 18.5 Å². The minimum Gasteiger partial charge on any atom is -0.467 e. The Labute approximate surface area is 220 Å². The van der Waals surface area contributed by atoms with Crippen LogP contribution in [0, 0.1) is 0 Å². The summed E-state index contributed by atoms with van der Waals surface area (Å²) in [5.41, 5.74) is 8.04. The Morgan fingerprint density at radius 3 is 2.61 bits per heavy atom. The summed E-state index contributed by atoms with van der Waals surface area (Å²) < 4.78 is 15.3.